The molecule has 6 heteroatoms. The van der Waals surface area contributed by atoms with Crippen LogP contribution in [-0.2, 0) is 6.54 Å². The Bertz CT molecular complexity index is 579. The summed E-state index contributed by atoms with van der Waals surface area (Å²) in [4.78, 5) is 22.4. The molecule has 0 unspecified atom stereocenters. The molecular formula is C14H18N4OS. The van der Waals surface area contributed by atoms with Gasteiger partial charge >= 0.3 is 0 Å². The van der Waals surface area contributed by atoms with Crippen molar-refractivity contribution in [3.05, 3.63) is 40.1 Å². The highest BCUT2D eigenvalue weighted by molar-refractivity contribution is 7.09. The SMILES string of the molecule is CCNc1ccc(C(=O)N(C)Cc2csc(C)n2)nc1. The molecule has 1 amide bonds. The second-order valence-electron chi connectivity index (χ2n) is 4.48. The van der Waals surface area contributed by atoms with Gasteiger partial charge in [0.25, 0.3) is 5.91 Å². The number of amides is 1. The van der Waals surface area contributed by atoms with E-state index in [4.69, 9.17) is 0 Å². The van der Waals surface area contributed by atoms with E-state index >= 15 is 0 Å². The minimum absolute atomic E-state index is 0.0984. The van der Waals surface area contributed by atoms with E-state index in [0.29, 0.717) is 12.2 Å². The maximum Gasteiger partial charge on any atom is 0.272 e. The normalized spacial score (nSPS) is 10.3. The quantitative estimate of drug-likeness (QED) is 0.919. The number of nitrogens with zero attached hydrogens (tertiary/aromatic N) is 3. The Hall–Kier alpha value is -1.95. The van der Waals surface area contributed by atoms with Gasteiger partial charge in [-0.15, -0.1) is 11.3 Å². The van der Waals surface area contributed by atoms with Gasteiger partial charge < -0.3 is 10.2 Å². The van der Waals surface area contributed by atoms with E-state index in [2.05, 4.69) is 15.3 Å². The zero-order chi connectivity index (χ0) is 14.5. The van der Waals surface area contributed by atoms with Gasteiger partial charge in [0.15, 0.2) is 0 Å². The van der Waals surface area contributed by atoms with E-state index in [-0.39, 0.29) is 5.91 Å². The Morgan fingerprint density at radius 1 is 1.45 bits per heavy atom. The van der Waals surface area contributed by atoms with Crippen LogP contribution in [0.1, 0.15) is 28.1 Å². The van der Waals surface area contributed by atoms with Crippen LogP contribution in [0, 0.1) is 6.92 Å². The largest absolute Gasteiger partial charge is 0.384 e. The fraction of sp³-hybridized carbons (Fsp3) is 0.357. The molecule has 0 saturated carbocycles. The Morgan fingerprint density at radius 2 is 2.25 bits per heavy atom. The Balaban J connectivity index is 2.02. The van der Waals surface area contributed by atoms with E-state index < -0.39 is 0 Å². The monoisotopic (exact) mass is 290 g/mol. The molecule has 2 aromatic heterocycles. The number of hydrogen-bond donors (Lipinski definition) is 1. The highest BCUT2D eigenvalue weighted by atomic mass is 32.1. The number of anilines is 1. The van der Waals surface area contributed by atoms with Gasteiger partial charge in [-0.3, -0.25) is 4.79 Å². The number of aromatic nitrogens is 2. The summed E-state index contributed by atoms with van der Waals surface area (Å²) in [7, 11) is 1.76. The molecule has 0 fully saturated rings. The van der Waals surface area contributed by atoms with Crippen molar-refractivity contribution in [2.24, 2.45) is 0 Å². The first-order chi connectivity index (χ1) is 9.60. The van der Waals surface area contributed by atoms with Crippen molar-refractivity contribution in [1.29, 1.82) is 0 Å². The van der Waals surface area contributed by atoms with Gasteiger partial charge in [-0.25, -0.2) is 9.97 Å². The Kier molecular flexibility index (Phi) is 4.68. The number of carbonyl (C=O) groups is 1. The summed E-state index contributed by atoms with van der Waals surface area (Å²) in [5.74, 6) is -0.0984. The van der Waals surface area contributed by atoms with Gasteiger partial charge in [0, 0.05) is 19.0 Å². The molecule has 20 heavy (non-hydrogen) atoms. The molecule has 0 atom stereocenters. The van der Waals surface area contributed by atoms with Crippen LogP contribution in [0.15, 0.2) is 23.7 Å². The lowest BCUT2D eigenvalue weighted by atomic mass is 10.3. The van der Waals surface area contributed by atoms with Crippen molar-refractivity contribution >= 4 is 22.9 Å². The molecule has 0 radical (unpaired) electrons. The van der Waals surface area contributed by atoms with E-state index in [1.807, 2.05) is 25.3 Å². The van der Waals surface area contributed by atoms with Crippen LogP contribution in [0.4, 0.5) is 5.69 Å². The molecule has 0 bridgehead atoms. The summed E-state index contributed by atoms with van der Waals surface area (Å²) in [6.45, 7) is 5.30. The summed E-state index contributed by atoms with van der Waals surface area (Å²) in [6, 6.07) is 3.60. The first-order valence-electron chi connectivity index (χ1n) is 6.46. The average molecular weight is 290 g/mol. The number of hydrogen-bond acceptors (Lipinski definition) is 5. The van der Waals surface area contributed by atoms with Crippen LogP contribution in [-0.4, -0.2) is 34.4 Å². The van der Waals surface area contributed by atoms with Gasteiger partial charge in [0.05, 0.1) is 29.1 Å². The number of carbonyl (C=O) groups excluding carboxylic acids is 1. The first kappa shape index (κ1) is 14.5. The van der Waals surface area contributed by atoms with Crippen molar-refractivity contribution in [2.45, 2.75) is 20.4 Å². The van der Waals surface area contributed by atoms with Gasteiger partial charge in [-0.1, -0.05) is 0 Å². The Labute approximate surface area is 122 Å². The minimum atomic E-state index is -0.0984. The maximum absolute atomic E-state index is 12.2. The summed E-state index contributed by atoms with van der Waals surface area (Å²) >= 11 is 1.59. The third-order valence-electron chi connectivity index (χ3n) is 2.78. The van der Waals surface area contributed by atoms with Crippen LogP contribution in [0.2, 0.25) is 0 Å². The third kappa shape index (κ3) is 3.54. The molecular weight excluding hydrogens is 272 g/mol. The standard InChI is InChI=1S/C14H18N4OS/c1-4-15-11-5-6-13(16-7-11)14(19)18(3)8-12-9-20-10(2)17-12/h5-7,9,15H,4,8H2,1-3H3. The predicted molar refractivity (Wildman–Crippen MR) is 81.0 cm³/mol. The second-order valence-corrected chi connectivity index (χ2v) is 5.54. The lowest BCUT2D eigenvalue weighted by Crippen LogP contribution is -2.27. The summed E-state index contributed by atoms with van der Waals surface area (Å²) < 4.78 is 0. The van der Waals surface area contributed by atoms with E-state index in [0.717, 1.165) is 22.9 Å². The number of pyridine rings is 1. The van der Waals surface area contributed by atoms with Crippen molar-refractivity contribution in [1.82, 2.24) is 14.9 Å². The number of aryl methyl sites for hydroxylation is 1. The zero-order valence-corrected chi connectivity index (χ0v) is 12.7. The number of thiazole rings is 1. The summed E-state index contributed by atoms with van der Waals surface area (Å²) in [5.41, 5.74) is 2.27. The van der Waals surface area contributed by atoms with Crippen molar-refractivity contribution in [3.8, 4) is 0 Å². The van der Waals surface area contributed by atoms with Gasteiger partial charge in [0.1, 0.15) is 5.69 Å². The predicted octanol–water partition coefficient (Wildman–Crippen LogP) is 2.55. The molecule has 2 rings (SSSR count). The molecule has 0 saturated heterocycles. The third-order valence-corrected chi connectivity index (χ3v) is 3.60. The summed E-state index contributed by atoms with van der Waals surface area (Å²) in [6.07, 6.45) is 1.68. The van der Waals surface area contributed by atoms with Crippen LogP contribution in [0.5, 0.6) is 0 Å². The van der Waals surface area contributed by atoms with E-state index in [1.165, 1.54) is 0 Å². The van der Waals surface area contributed by atoms with Gasteiger partial charge in [-0.05, 0) is 26.0 Å². The molecule has 0 aliphatic rings. The van der Waals surface area contributed by atoms with Gasteiger partial charge in [-0.2, -0.15) is 0 Å². The lowest BCUT2D eigenvalue weighted by Gasteiger charge is -2.15. The molecule has 0 aliphatic carbocycles. The molecule has 5 nitrogen and oxygen atoms in total. The van der Waals surface area contributed by atoms with Crippen molar-refractivity contribution in [2.75, 3.05) is 18.9 Å². The lowest BCUT2D eigenvalue weighted by molar-refractivity contribution is 0.0778. The van der Waals surface area contributed by atoms with Crippen molar-refractivity contribution < 1.29 is 4.79 Å². The topological polar surface area (TPSA) is 58.1 Å². The highest BCUT2D eigenvalue weighted by Gasteiger charge is 2.14. The molecule has 1 N–H and O–H groups in total. The first-order valence-corrected chi connectivity index (χ1v) is 7.34. The second kappa shape index (κ2) is 6.47. The molecule has 2 aromatic rings. The van der Waals surface area contributed by atoms with E-state index in [1.54, 1.807) is 35.5 Å². The number of nitrogens with one attached hydrogen (secondary N) is 1. The van der Waals surface area contributed by atoms with Crippen LogP contribution in [0.3, 0.4) is 0 Å². The van der Waals surface area contributed by atoms with Crippen molar-refractivity contribution in [3.63, 3.8) is 0 Å². The molecule has 0 spiro atoms. The van der Waals surface area contributed by atoms with Crippen LogP contribution < -0.4 is 5.32 Å². The number of rotatable bonds is 5. The fourth-order valence-corrected chi connectivity index (χ4v) is 2.42. The molecule has 106 valence electrons. The smallest absolute Gasteiger partial charge is 0.272 e. The molecule has 0 aliphatic heterocycles. The average Bonchev–Trinajstić information content (AvgIpc) is 2.84. The fourth-order valence-electron chi connectivity index (χ4n) is 1.82. The van der Waals surface area contributed by atoms with Crippen LogP contribution in [0.25, 0.3) is 0 Å². The zero-order valence-electron chi connectivity index (χ0n) is 11.9. The van der Waals surface area contributed by atoms with Crippen LogP contribution >= 0.6 is 11.3 Å². The molecule has 2 heterocycles. The molecule has 0 aromatic carbocycles. The maximum atomic E-state index is 12.2. The summed E-state index contributed by atoms with van der Waals surface area (Å²) in [5, 5.41) is 6.13. The van der Waals surface area contributed by atoms with Gasteiger partial charge in [0.2, 0.25) is 0 Å². The highest BCUT2D eigenvalue weighted by Crippen LogP contribution is 2.12. The minimum Gasteiger partial charge on any atom is -0.384 e. The Morgan fingerprint density at radius 3 is 2.80 bits per heavy atom. The van der Waals surface area contributed by atoms with E-state index in [9.17, 15) is 4.79 Å².